The monoisotopic (exact) mass is 533 g/mol. The van der Waals surface area contributed by atoms with Gasteiger partial charge in [-0.1, -0.05) is 15.9 Å². The normalized spacial score (nSPS) is 11.2. The molecule has 180 valence electrons. The minimum absolute atomic E-state index is 0.242. The van der Waals surface area contributed by atoms with Gasteiger partial charge in [-0.2, -0.15) is 4.80 Å². The first-order valence-electron chi connectivity index (χ1n) is 11.5. The fourth-order valence-corrected chi connectivity index (χ4v) is 4.26. The van der Waals surface area contributed by atoms with E-state index in [9.17, 15) is 4.79 Å². The van der Waals surface area contributed by atoms with Crippen molar-refractivity contribution < 1.29 is 9.53 Å². The highest BCUT2D eigenvalue weighted by atomic mass is 79.9. The Kier molecular flexibility index (Phi) is 7.51. The van der Waals surface area contributed by atoms with E-state index in [4.69, 9.17) is 4.74 Å². The van der Waals surface area contributed by atoms with Crippen molar-refractivity contribution in [2.45, 2.75) is 20.8 Å². The minimum Gasteiger partial charge on any atom is -0.496 e. The number of ether oxygens (including phenoxy) is 1. The Morgan fingerprint density at radius 3 is 2.40 bits per heavy atom. The molecule has 0 radical (unpaired) electrons. The number of anilines is 2. The summed E-state index contributed by atoms with van der Waals surface area (Å²) in [4.78, 5) is 16.5. The standard InChI is InChI=1S/C27H28BrN5O2/c1-5-32(6-2)21-9-11-22(12-10-21)33-30-24-15-18(3)23(17-25(24)31-33)29-27(34)14-7-19-16-20(28)8-13-26(19)35-4/h7-17H,5-6H2,1-4H3,(H,29,34)/b14-7+. The number of methoxy groups -OCH3 is 1. The van der Waals surface area contributed by atoms with Crippen LogP contribution < -0.4 is 15.0 Å². The van der Waals surface area contributed by atoms with Crippen LogP contribution in [0.2, 0.25) is 0 Å². The Hall–Kier alpha value is -3.65. The van der Waals surface area contributed by atoms with Crippen LogP contribution in [0.3, 0.4) is 0 Å². The van der Waals surface area contributed by atoms with Crippen LogP contribution in [0.25, 0.3) is 22.8 Å². The van der Waals surface area contributed by atoms with E-state index in [0.29, 0.717) is 17.0 Å². The quantitative estimate of drug-likeness (QED) is 0.281. The van der Waals surface area contributed by atoms with Crippen molar-refractivity contribution >= 4 is 50.3 Å². The van der Waals surface area contributed by atoms with E-state index in [0.717, 1.165) is 39.9 Å². The van der Waals surface area contributed by atoms with Crippen molar-refractivity contribution in [2.75, 3.05) is 30.4 Å². The number of carbonyl (C=O) groups is 1. The molecule has 1 aromatic heterocycles. The van der Waals surface area contributed by atoms with Gasteiger partial charge in [0.15, 0.2) is 0 Å². The molecule has 0 fully saturated rings. The number of hydrogen-bond acceptors (Lipinski definition) is 5. The molecular formula is C27H28BrN5O2. The molecule has 0 aliphatic heterocycles. The summed E-state index contributed by atoms with van der Waals surface area (Å²) in [5, 5.41) is 12.2. The molecule has 4 rings (SSSR count). The fraction of sp³-hybridized carbons (Fsp3) is 0.222. The van der Waals surface area contributed by atoms with E-state index in [1.54, 1.807) is 18.0 Å². The van der Waals surface area contributed by atoms with Crippen molar-refractivity contribution in [3.05, 3.63) is 76.3 Å². The first-order valence-corrected chi connectivity index (χ1v) is 12.3. The molecule has 0 atom stereocenters. The van der Waals surface area contributed by atoms with E-state index in [1.807, 2.05) is 49.4 Å². The number of carbonyl (C=O) groups excluding carboxylic acids is 1. The van der Waals surface area contributed by atoms with Gasteiger partial charge in [-0.05, 0) is 87.0 Å². The van der Waals surface area contributed by atoms with E-state index in [-0.39, 0.29) is 5.91 Å². The lowest BCUT2D eigenvalue weighted by atomic mass is 10.1. The zero-order chi connectivity index (χ0) is 24.9. The van der Waals surface area contributed by atoms with Gasteiger partial charge < -0.3 is 15.0 Å². The highest BCUT2D eigenvalue weighted by Crippen LogP contribution is 2.25. The van der Waals surface area contributed by atoms with Crippen LogP contribution in [0, 0.1) is 6.92 Å². The van der Waals surface area contributed by atoms with Crippen LogP contribution in [-0.2, 0) is 4.79 Å². The second kappa shape index (κ2) is 10.7. The molecule has 1 N–H and O–H groups in total. The molecule has 1 amide bonds. The molecule has 3 aromatic carbocycles. The Bertz CT molecular complexity index is 1370. The van der Waals surface area contributed by atoms with E-state index in [2.05, 4.69) is 62.3 Å². The van der Waals surface area contributed by atoms with Gasteiger partial charge in [0.2, 0.25) is 5.91 Å². The van der Waals surface area contributed by atoms with E-state index in [1.165, 1.54) is 11.8 Å². The molecule has 0 spiro atoms. The fourth-order valence-electron chi connectivity index (χ4n) is 3.88. The number of aryl methyl sites for hydroxylation is 1. The summed E-state index contributed by atoms with van der Waals surface area (Å²) in [6.07, 6.45) is 3.22. The number of fused-ring (bicyclic) bond motifs is 1. The van der Waals surface area contributed by atoms with Crippen molar-refractivity contribution in [1.82, 2.24) is 15.0 Å². The molecule has 8 heteroatoms. The Morgan fingerprint density at radius 2 is 1.74 bits per heavy atom. The van der Waals surface area contributed by atoms with Gasteiger partial charge >= 0.3 is 0 Å². The second-order valence-corrected chi connectivity index (χ2v) is 8.96. The number of benzene rings is 3. The summed E-state index contributed by atoms with van der Waals surface area (Å²) in [7, 11) is 1.60. The van der Waals surface area contributed by atoms with Gasteiger partial charge in [0.05, 0.1) is 12.8 Å². The summed E-state index contributed by atoms with van der Waals surface area (Å²) < 4.78 is 6.27. The number of hydrogen-bond donors (Lipinski definition) is 1. The van der Waals surface area contributed by atoms with Crippen LogP contribution in [0.4, 0.5) is 11.4 Å². The third-order valence-electron chi connectivity index (χ3n) is 5.80. The molecule has 1 heterocycles. The molecule has 0 aliphatic carbocycles. The van der Waals surface area contributed by atoms with Gasteiger partial charge in [0, 0.05) is 40.6 Å². The highest BCUT2D eigenvalue weighted by molar-refractivity contribution is 9.10. The largest absolute Gasteiger partial charge is 0.496 e. The maximum Gasteiger partial charge on any atom is 0.248 e. The van der Waals surface area contributed by atoms with Crippen molar-refractivity contribution in [3.8, 4) is 11.4 Å². The SMILES string of the molecule is CCN(CC)c1ccc(-n2nc3cc(C)c(NC(=O)/C=C/c4cc(Br)ccc4OC)cc3n2)cc1. The maximum atomic E-state index is 12.6. The number of aromatic nitrogens is 3. The lowest BCUT2D eigenvalue weighted by Crippen LogP contribution is -2.21. The lowest BCUT2D eigenvalue weighted by Gasteiger charge is -2.20. The smallest absolute Gasteiger partial charge is 0.248 e. The van der Waals surface area contributed by atoms with Gasteiger partial charge in [-0.15, -0.1) is 10.2 Å². The number of halogens is 1. The summed E-state index contributed by atoms with van der Waals surface area (Å²) >= 11 is 3.45. The highest BCUT2D eigenvalue weighted by Gasteiger charge is 2.11. The van der Waals surface area contributed by atoms with Crippen LogP contribution in [0.15, 0.2) is 65.1 Å². The second-order valence-electron chi connectivity index (χ2n) is 8.04. The number of nitrogens with one attached hydrogen (secondary N) is 1. The van der Waals surface area contributed by atoms with Crippen molar-refractivity contribution in [2.24, 2.45) is 0 Å². The van der Waals surface area contributed by atoms with E-state index < -0.39 is 0 Å². The molecule has 0 bridgehead atoms. The number of amides is 1. The third-order valence-corrected chi connectivity index (χ3v) is 6.29. The molecule has 35 heavy (non-hydrogen) atoms. The zero-order valence-electron chi connectivity index (χ0n) is 20.2. The van der Waals surface area contributed by atoms with Gasteiger partial charge in [0.25, 0.3) is 0 Å². The summed E-state index contributed by atoms with van der Waals surface area (Å²) in [6, 6.07) is 17.6. The molecule has 0 unspecified atom stereocenters. The summed E-state index contributed by atoms with van der Waals surface area (Å²) in [6.45, 7) is 8.14. The predicted octanol–water partition coefficient (Wildman–Crippen LogP) is 6.00. The summed E-state index contributed by atoms with van der Waals surface area (Å²) in [5.74, 6) is 0.449. The zero-order valence-corrected chi connectivity index (χ0v) is 21.8. The topological polar surface area (TPSA) is 72.3 Å². The van der Waals surface area contributed by atoms with E-state index >= 15 is 0 Å². The van der Waals surface area contributed by atoms with Gasteiger partial charge in [0.1, 0.15) is 16.8 Å². The molecule has 0 aliphatic rings. The molecule has 0 saturated carbocycles. The van der Waals surface area contributed by atoms with Gasteiger partial charge in [-0.25, -0.2) is 0 Å². The van der Waals surface area contributed by atoms with Crippen molar-refractivity contribution in [3.63, 3.8) is 0 Å². The van der Waals surface area contributed by atoms with Crippen molar-refractivity contribution in [1.29, 1.82) is 0 Å². The van der Waals surface area contributed by atoms with Crippen LogP contribution in [0.5, 0.6) is 5.75 Å². The molecular weight excluding hydrogens is 506 g/mol. The average Bonchev–Trinajstić information content (AvgIpc) is 3.27. The maximum absolute atomic E-state index is 12.6. The van der Waals surface area contributed by atoms with Crippen LogP contribution >= 0.6 is 15.9 Å². The Labute approximate surface area is 213 Å². The van der Waals surface area contributed by atoms with Crippen LogP contribution in [0.1, 0.15) is 25.0 Å². The molecule has 7 nitrogen and oxygen atoms in total. The van der Waals surface area contributed by atoms with Gasteiger partial charge in [-0.3, -0.25) is 4.79 Å². The number of nitrogens with zero attached hydrogens (tertiary/aromatic N) is 4. The molecule has 4 aromatic rings. The Balaban J connectivity index is 1.54. The Morgan fingerprint density at radius 1 is 1.06 bits per heavy atom. The average molecular weight is 534 g/mol. The third kappa shape index (κ3) is 5.54. The first kappa shape index (κ1) is 24.5. The summed E-state index contributed by atoms with van der Waals surface area (Å²) in [5.41, 5.74) is 5.93. The molecule has 0 saturated heterocycles. The van der Waals surface area contributed by atoms with Crippen LogP contribution in [-0.4, -0.2) is 41.1 Å². The number of rotatable bonds is 8. The predicted molar refractivity (Wildman–Crippen MR) is 146 cm³/mol. The lowest BCUT2D eigenvalue weighted by molar-refractivity contribution is -0.111. The minimum atomic E-state index is -0.242. The first-order chi connectivity index (χ1) is 16.9.